The van der Waals surface area contributed by atoms with Crippen LogP contribution in [0.5, 0.6) is 0 Å². The number of pyridine rings is 1. The number of carbonyl (C=O) groups excluding carboxylic acids is 1. The quantitative estimate of drug-likeness (QED) is 0.868. The molecule has 0 spiro atoms. The fourth-order valence-corrected chi connectivity index (χ4v) is 2.72. The second-order valence-corrected chi connectivity index (χ2v) is 5.13. The Bertz CT molecular complexity index is 413. The van der Waals surface area contributed by atoms with Crippen LogP contribution in [0.15, 0.2) is 24.5 Å². The van der Waals surface area contributed by atoms with Crippen LogP contribution in [0.1, 0.15) is 25.5 Å². The highest BCUT2D eigenvalue weighted by atomic mass is 16.2. The number of nitrogens with two attached hydrogens (primary N) is 1. The predicted molar refractivity (Wildman–Crippen MR) is 74.5 cm³/mol. The number of nitrogens with zero attached hydrogens (tertiary/aromatic N) is 3. The van der Waals surface area contributed by atoms with E-state index in [4.69, 9.17) is 5.73 Å². The van der Waals surface area contributed by atoms with Crippen LogP contribution in [0, 0.1) is 0 Å². The Balaban J connectivity index is 2.08. The monoisotopic (exact) mass is 262 g/mol. The Hall–Kier alpha value is -1.46. The molecule has 1 aromatic rings. The Kier molecular flexibility index (Phi) is 4.50. The van der Waals surface area contributed by atoms with Gasteiger partial charge in [0.2, 0.25) is 5.91 Å². The van der Waals surface area contributed by atoms with Gasteiger partial charge < -0.3 is 10.6 Å². The Morgan fingerprint density at radius 3 is 2.32 bits per heavy atom. The number of amides is 1. The maximum Gasteiger partial charge on any atom is 0.219 e. The highest BCUT2D eigenvalue weighted by Gasteiger charge is 2.28. The average Bonchev–Trinajstić information content (AvgIpc) is 2.40. The van der Waals surface area contributed by atoms with E-state index in [1.54, 1.807) is 19.3 Å². The maximum absolute atomic E-state index is 11.4. The second-order valence-electron chi connectivity index (χ2n) is 5.13. The van der Waals surface area contributed by atoms with Gasteiger partial charge >= 0.3 is 0 Å². The highest BCUT2D eigenvalue weighted by molar-refractivity contribution is 5.73. The molecule has 1 aliphatic rings. The minimum atomic E-state index is 0.0475. The van der Waals surface area contributed by atoms with E-state index in [2.05, 4.69) is 9.88 Å². The third-order valence-corrected chi connectivity index (χ3v) is 3.70. The van der Waals surface area contributed by atoms with Gasteiger partial charge in [-0.05, 0) is 24.6 Å². The molecule has 0 radical (unpaired) electrons. The van der Waals surface area contributed by atoms with Gasteiger partial charge in [0.25, 0.3) is 0 Å². The van der Waals surface area contributed by atoms with Gasteiger partial charge in [0.15, 0.2) is 0 Å². The molecule has 5 heteroatoms. The molecule has 1 saturated heterocycles. The van der Waals surface area contributed by atoms with Crippen LogP contribution in [0.25, 0.3) is 0 Å². The lowest BCUT2D eigenvalue weighted by molar-refractivity contribution is -0.130. The molecule has 1 fully saturated rings. The Morgan fingerprint density at radius 2 is 1.84 bits per heavy atom. The summed E-state index contributed by atoms with van der Waals surface area (Å²) in [7, 11) is 0. The van der Waals surface area contributed by atoms with Gasteiger partial charge in [0.05, 0.1) is 0 Å². The summed E-state index contributed by atoms with van der Waals surface area (Å²) in [5.74, 6) is 0.154. The predicted octanol–water partition coefficient (Wildman–Crippen LogP) is 0.634. The van der Waals surface area contributed by atoms with Crippen LogP contribution in [0.3, 0.4) is 0 Å². The van der Waals surface area contributed by atoms with Crippen molar-refractivity contribution in [1.29, 1.82) is 0 Å². The molecule has 0 bridgehead atoms. The smallest absolute Gasteiger partial charge is 0.219 e. The number of carbonyl (C=O) groups is 1. The molecule has 2 unspecified atom stereocenters. The van der Waals surface area contributed by atoms with E-state index < -0.39 is 0 Å². The summed E-state index contributed by atoms with van der Waals surface area (Å²) in [6.45, 7) is 6.96. The summed E-state index contributed by atoms with van der Waals surface area (Å²) in [5.41, 5.74) is 7.35. The van der Waals surface area contributed by atoms with E-state index >= 15 is 0 Å². The van der Waals surface area contributed by atoms with Crippen molar-refractivity contribution < 1.29 is 4.79 Å². The molecule has 5 nitrogen and oxygen atoms in total. The molecule has 2 rings (SSSR count). The summed E-state index contributed by atoms with van der Waals surface area (Å²) >= 11 is 0. The van der Waals surface area contributed by atoms with Crippen molar-refractivity contribution in [3.05, 3.63) is 30.1 Å². The van der Waals surface area contributed by atoms with E-state index in [-0.39, 0.29) is 18.0 Å². The van der Waals surface area contributed by atoms with Gasteiger partial charge in [0, 0.05) is 57.6 Å². The largest absolute Gasteiger partial charge is 0.340 e. The van der Waals surface area contributed by atoms with Crippen LogP contribution in [-0.2, 0) is 4.79 Å². The van der Waals surface area contributed by atoms with Crippen LogP contribution in [0.4, 0.5) is 0 Å². The fourth-order valence-electron chi connectivity index (χ4n) is 2.72. The molecule has 1 aromatic heterocycles. The summed E-state index contributed by atoms with van der Waals surface area (Å²) in [6, 6.07) is 4.28. The number of piperazine rings is 1. The lowest BCUT2D eigenvalue weighted by atomic mass is 9.99. The van der Waals surface area contributed by atoms with Crippen LogP contribution in [-0.4, -0.2) is 52.9 Å². The van der Waals surface area contributed by atoms with Gasteiger partial charge in [-0.1, -0.05) is 0 Å². The molecular weight excluding hydrogens is 240 g/mol. The maximum atomic E-state index is 11.4. The standard InChI is InChI=1S/C14H22N4O/c1-11(15)14(13-3-5-16-6-4-13)18-9-7-17(8-10-18)12(2)19/h3-6,11,14H,7-10,15H2,1-2H3. The normalized spacial score (nSPS) is 20.1. The fraction of sp³-hybridized carbons (Fsp3) is 0.571. The first kappa shape index (κ1) is 14.0. The van der Waals surface area contributed by atoms with Crippen LogP contribution in [0.2, 0.25) is 0 Å². The molecule has 1 aliphatic heterocycles. The molecule has 1 amide bonds. The zero-order valence-corrected chi connectivity index (χ0v) is 11.6. The van der Waals surface area contributed by atoms with Gasteiger partial charge in [-0.2, -0.15) is 0 Å². The minimum absolute atomic E-state index is 0.0475. The SMILES string of the molecule is CC(=O)N1CCN(C(c2ccncc2)C(C)N)CC1. The summed E-state index contributed by atoms with van der Waals surface area (Å²) in [4.78, 5) is 19.7. The van der Waals surface area contributed by atoms with Crippen molar-refractivity contribution in [3.8, 4) is 0 Å². The van der Waals surface area contributed by atoms with E-state index in [0.29, 0.717) is 0 Å². The molecule has 0 aliphatic carbocycles. The topological polar surface area (TPSA) is 62.5 Å². The Morgan fingerprint density at radius 1 is 1.26 bits per heavy atom. The lowest BCUT2D eigenvalue weighted by Crippen LogP contribution is -2.51. The van der Waals surface area contributed by atoms with Crippen molar-refractivity contribution in [2.24, 2.45) is 5.73 Å². The van der Waals surface area contributed by atoms with Gasteiger partial charge in [-0.25, -0.2) is 0 Å². The molecular formula is C14H22N4O. The zero-order chi connectivity index (χ0) is 13.8. The lowest BCUT2D eigenvalue weighted by Gasteiger charge is -2.40. The number of hydrogen-bond donors (Lipinski definition) is 1. The third kappa shape index (κ3) is 3.30. The average molecular weight is 262 g/mol. The molecule has 0 saturated carbocycles. The van der Waals surface area contributed by atoms with Crippen LogP contribution >= 0.6 is 0 Å². The summed E-state index contributed by atoms with van der Waals surface area (Å²) < 4.78 is 0. The third-order valence-electron chi connectivity index (χ3n) is 3.70. The second kappa shape index (κ2) is 6.12. The van der Waals surface area contributed by atoms with Gasteiger partial charge in [-0.3, -0.25) is 14.7 Å². The minimum Gasteiger partial charge on any atom is -0.340 e. The first-order chi connectivity index (χ1) is 9.09. The van der Waals surface area contributed by atoms with E-state index in [1.807, 2.05) is 24.0 Å². The van der Waals surface area contributed by atoms with Gasteiger partial charge in [0.1, 0.15) is 0 Å². The van der Waals surface area contributed by atoms with Crippen LogP contribution < -0.4 is 5.73 Å². The van der Waals surface area contributed by atoms with Gasteiger partial charge in [-0.15, -0.1) is 0 Å². The molecule has 104 valence electrons. The number of rotatable bonds is 3. The van der Waals surface area contributed by atoms with Crippen molar-refractivity contribution in [3.63, 3.8) is 0 Å². The van der Waals surface area contributed by atoms with E-state index in [1.165, 1.54) is 5.56 Å². The molecule has 2 N–H and O–H groups in total. The van der Waals surface area contributed by atoms with Crippen molar-refractivity contribution in [2.75, 3.05) is 26.2 Å². The first-order valence-electron chi connectivity index (χ1n) is 6.74. The Labute approximate surface area is 114 Å². The highest BCUT2D eigenvalue weighted by Crippen LogP contribution is 2.24. The molecule has 0 aromatic carbocycles. The van der Waals surface area contributed by atoms with Crippen molar-refractivity contribution in [1.82, 2.24) is 14.8 Å². The zero-order valence-electron chi connectivity index (χ0n) is 11.6. The first-order valence-corrected chi connectivity index (χ1v) is 6.74. The number of aromatic nitrogens is 1. The van der Waals surface area contributed by atoms with E-state index in [0.717, 1.165) is 26.2 Å². The number of hydrogen-bond acceptors (Lipinski definition) is 4. The summed E-state index contributed by atoms with van der Waals surface area (Å²) in [5, 5.41) is 0. The molecule has 2 atom stereocenters. The van der Waals surface area contributed by atoms with Crippen molar-refractivity contribution >= 4 is 5.91 Å². The van der Waals surface area contributed by atoms with Crippen molar-refractivity contribution in [2.45, 2.75) is 25.9 Å². The molecule has 19 heavy (non-hydrogen) atoms. The summed E-state index contributed by atoms with van der Waals surface area (Å²) in [6.07, 6.45) is 3.60. The van der Waals surface area contributed by atoms with E-state index in [9.17, 15) is 4.79 Å². The molecule has 2 heterocycles.